The Morgan fingerprint density at radius 2 is 1.90 bits per heavy atom. The molecule has 0 saturated heterocycles. The minimum atomic E-state index is -0.372. The van der Waals surface area contributed by atoms with Crippen molar-refractivity contribution in [2.75, 3.05) is 0 Å². The molecule has 0 saturated carbocycles. The van der Waals surface area contributed by atoms with Gasteiger partial charge in [-0.15, -0.1) is 0 Å². The summed E-state index contributed by atoms with van der Waals surface area (Å²) in [5.41, 5.74) is 9.89. The highest BCUT2D eigenvalue weighted by Gasteiger charge is 2.18. The quantitative estimate of drug-likeness (QED) is 0.591. The van der Waals surface area contributed by atoms with Gasteiger partial charge in [0.1, 0.15) is 0 Å². The fourth-order valence-electron chi connectivity index (χ4n) is 2.76. The van der Waals surface area contributed by atoms with E-state index in [-0.39, 0.29) is 10.6 Å². The molecule has 3 rings (SSSR count). The Bertz CT molecular complexity index is 822. The van der Waals surface area contributed by atoms with Crippen LogP contribution in [0.1, 0.15) is 5.69 Å². The average molecular weight is 281 g/mol. The molecule has 2 aromatic carbocycles. The predicted octanol–water partition coefficient (Wildman–Crippen LogP) is 3.21. The van der Waals surface area contributed by atoms with Crippen molar-refractivity contribution in [1.29, 1.82) is 0 Å². The van der Waals surface area contributed by atoms with E-state index in [9.17, 15) is 10.1 Å². The molecule has 3 aromatic rings. The molecule has 0 fully saturated rings. The Morgan fingerprint density at radius 1 is 1.19 bits per heavy atom. The lowest BCUT2D eigenvalue weighted by atomic mass is 10.0. The second kappa shape index (κ2) is 5.03. The summed E-state index contributed by atoms with van der Waals surface area (Å²) < 4.78 is 2.00. The van der Waals surface area contributed by atoms with Crippen molar-refractivity contribution in [2.24, 2.45) is 12.8 Å². The maximum absolute atomic E-state index is 11.0. The fraction of sp³-hybridized carbons (Fsp3) is 0.125. The molecule has 0 aliphatic rings. The molecule has 0 unspecified atom stereocenters. The largest absolute Gasteiger partial charge is 0.346 e. The molecule has 2 N–H and O–H groups in total. The van der Waals surface area contributed by atoms with Gasteiger partial charge in [0.2, 0.25) is 0 Å². The van der Waals surface area contributed by atoms with Gasteiger partial charge < -0.3 is 10.3 Å². The van der Waals surface area contributed by atoms with Gasteiger partial charge in [-0.05, 0) is 11.6 Å². The molecule has 5 nitrogen and oxygen atoms in total. The van der Waals surface area contributed by atoms with Crippen molar-refractivity contribution in [3.8, 4) is 11.1 Å². The molecule has 0 atom stereocenters. The van der Waals surface area contributed by atoms with E-state index in [1.54, 1.807) is 12.1 Å². The van der Waals surface area contributed by atoms with Crippen molar-refractivity contribution in [3.63, 3.8) is 0 Å². The SMILES string of the molecule is Cn1c(CN)c(-c2ccccc2)c2cc([N+](=O)[O-])ccc21. The molecule has 0 aliphatic carbocycles. The smallest absolute Gasteiger partial charge is 0.270 e. The first-order chi connectivity index (χ1) is 10.1. The van der Waals surface area contributed by atoms with Crippen molar-refractivity contribution < 1.29 is 4.92 Å². The summed E-state index contributed by atoms with van der Waals surface area (Å²) in [6.07, 6.45) is 0. The number of hydrogen-bond acceptors (Lipinski definition) is 3. The summed E-state index contributed by atoms with van der Waals surface area (Å²) in [5, 5.41) is 11.9. The van der Waals surface area contributed by atoms with Gasteiger partial charge in [0.25, 0.3) is 5.69 Å². The van der Waals surface area contributed by atoms with Gasteiger partial charge in [0.15, 0.2) is 0 Å². The molecular weight excluding hydrogens is 266 g/mol. The van der Waals surface area contributed by atoms with Crippen LogP contribution in [0, 0.1) is 10.1 Å². The number of non-ortho nitro benzene ring substituents is 1. The normalized spacial score (nSPS) is 11.0. The van der Waals surface area contributed by atoms with Gasteiger partial charge >= 0.3 is 0 Å². The molecule has 5 heteroatoms. The van der Waals surface area contributed by atoms with Crippen LogP contribution in [0.25, 0.3) is 22.0 Å². The number of rotatable bonds is 3. The van der Waals surface area contributed by atoms with E-state index in [0.717, 1.165) is 27.7 Å². The Labute approximate surface area is 121 Å². The minimum absolute atomic E-state index is 0.0915. The lowest BCUT2D eigenvalue weighted by Gasteiger charge is -2.05. The van der Waals surface area contributed by atoms with E-state index in [1.807, 2.05) is 41.9 Å². The van der Waals surface area contributed by atoms with Gasteiger partial charge in [0, 0.05) is 47.9 Å². The van der Waals surface area contributed by atoms with Crippen molar-refractivity contribution in [2.45, 2.75) is 6.54 Å². The molecule has 106 valence electrons. The number of aryl methyl sites for hydroxylation is 1. The van der Waals surface area contributed by atoms with Crippen LogP contribution < -0.4 is 5.73 Å². The van der Waals surface area contributed by atoms with Gasteiger partial charge in [-0.25, -0.2) is 0 Å². The fourth-order valence-corrected chi connectivity index (χ4v) is 2.76. The number of hydrogen-bond donors (Lipinski definition) is 1. The monoisotopic (exact) mass is 281 g/mol. The third-order valence-electron chi connectivity index (χ3n) is 3.77. The number of benzene rings is 2. The molecule has 0 bridgehead atoms. The van der Waals surface area contributed by atoms with E-state index in [0.29, 0.717) is 6.54 Å². The van der Waals surface area contributed by atoms with Gasteiger partial charge in [-0.3, -0.25) is 10.1 Å². The topological polar surface area (TPSA) is 74.1 Å². The summed E-state index contributed by atoms with van der Waals surface area (Å²) in [6.45, 7) is 0.378. The average Bonchev–Trinajstić information content (AvgIpc) is 2.80. The van der Waals surface area contributed by atoms with Crippen molar-refractivity contribution in [3.05, 3.63) is 64.3 Å². The second-order valence-electron chi connectivity index (χ2n) is 4.91. The maximum atomic E-state index is 11.0. The van der Waals surface area contributed by atoms with Crippen LogP contribution in [0.4, 0.5) is 5.69 Å². The van der Waals surface area contributed by atoms with Crippen molar-refractivity contribution >= 4 is 16.6 Å². The lowest BCUT2D eigenvalue weighted by molar-refractivity contribution is -0.384. The van der Waals surface area contributed by atoms with Crippen LogP contribution in [0.15, 0.2) is 48.5 Å². The minimum Gasteiger partial charge on any atom is -0.346 e. The van der Waals surface area contributed by atoms with E-state index < -0.39 is 0 Å². The Balaban J connectivity index is 2.39. The Hall–Kier alpha value is -2.66. The second-order valence-corrected chi connectivity index (χ2v) is 4.91. The molecule has 0 aliphatic heterocycles. The predicted molar refractivity (Wildman–Crippen MR) is 82.9 cm³/mol. The highest BCUT2D eigenvalue weighted by Crippen LogP contribution is 2.36. The highest BCUT2D eigenvalue weighted by molar-refractivity contribution is 5.99. The highest BCUT2D eigenvalue weighted by atomic mass is 16.6. The lowest BCUT2D eigenvalue weighted by Crippen LogP contribution is -2.04. The summed E-state index contributed by atoms with van der Waals surface area (Å²) >= 11 is 0. The zero-order valence-electron chi connectivity index (χ0n) is 11.6. The first-order valence-corrected chi connectivity index (χ1v) is 6.64. The number of nitrogens with two attached hydrogens (primary N) is 1. The number of nitro benzene ring substituents is 1. The van der Waals surface area contributed by atoms with Crippen LogP contribution in [-0.4, -0.2) is 9.49 Å². The van der Waals surface area contributed by atoms with Gasteiger partial charge in [0.05, 0.1) is 4.92 Å². The molecule has 1 aromatic heterocycles. The van der Waals surface area contributed by atoms with Gasteiger partial charge in [-0.2, -0.15) is 0 Å². The summed E-state index contributed by atoms with van der Waals surface area (Å²) in [6, 6.07) is 14.8. The molecule has 21 heavy (non-hydrogen) atoms. The number of aromatic nitrogens is 1. The summed E-state index contributed by atoms with van der Waals surface area (Å²) in [5.74, 6) is 0. The molecule has 0 radical (unpaired) electrons. The number of nitrogens with zero attached hydrogens (tertiary/aromatic N) is 2. The van der Waals surface area contributed by atoms with E-state index >= 15 is 0 Å². The third-order valence-corrected chi connectivity index (χ3v) is 3.77. The Kier molecular flexibility index (Phi) is 3.19. The molecule has 0 amide bonds. The van der Waals surface area contributed by atoms with Gasteiger partial charge in [-0.1, -0.05) is 30.3 Å². The molecule has 1 heterocycles. The number of fused-ring (bicyclic) bond motifs is 1. The molecule has 0 spiro atoms. The van der Waals surface area contributed by atoms with Crippen LogP contribution in [-0.2, 0) is 13.6 Å². The number of nitro groups is 1. The Morgan fingerprint density at radius 3 is 2.52 bits per heavy atom. The zero-order valence-corrected chi connectivity index (χ0v) is 11.6. The maximum Gasteiger partial charge on any atom is 0.270 e. The summed E-state index contributed by atoms with van der Waals surface area (Å²) in [4.78, 5) is 10.7. The van der Waals surface area contributed by atoms with E-state index in [4.69, 9.17) is 5.73 Å². The summed E-state index contributed by atoms with van der Waals surface area (Å²) in [7, 11) is 1.93. The van der Waals surface area contributed by atoms with Crippen LogP contribution >= 0.6 is 0 Å². The van der Waals surface area contributed by atoms with Crippen LogP contribution in [0.2, 0.25) is 0 Å². The third kappa shape index (κ3) is 2.08. The van der Waals surface area contributed by atoms with Crippen LogP contribution in [0.5, 0.6) is 0 Å². The van der Waals surface area contributed by atoms with Crippen molar-refractivity contribution in [1.82, 2.24) is 4.57 Å². The molecular formula is C16H15N3O2. The standard InChI is InChI=1S/C16H15N3O2/c1-18-14-8-7-12(19(20)21)9-13(14)16(15(18)10-17)11-5-3-2-4-6-11/h2-9H,10,17H2,1H3. The zero-order chi connectivity index (χ0) is 15.0. The van der Waals surface area contributed by atoms with E-state index in [1.165, 1.54) is 6.07 Å². The first kappa shape index (κ1) is 13.3. The van der Waals surface area contributed by atoms with Crippen LogP contribution in [0.3, 0.4) is 0 Å². The van der Waals surface area contributed by atoms with E-state index in [2.05, 4.69) is 0 Å². The first-order valence-electron chi connectivity index (χ1n) is 6.64.